The minimum absolute atomic E-state index is 0.341. The summed E-state index contributed by atoms with van der Waals surface area (Å²) in [6, 6.07) is 0. The minimum Gasteiger partial charge on any atom is -0.374 e. The molecule has 17 heavy (non-hydrogen) atoms. The standard InChI is InChI=1S/C13H19N3S/c1-12-3-8-2-9(4-12)6-13(5-8,7-12)10-15-16-11(14)17-10/h8-9H,2-7H2,1H3,(H2,14,16). The molecule has 0 radical (unpaired) electrons. The van der Waals surface area contributed by atoms with Crippen LogP contribution in [0.2, 0.25) is 0 Å². The van der Waals surface area contributed by atoms with Gasteiger partial charge in [0.15, 0.2) is 0 Å². The van der Waals surface area contributed by atoms with Gasteiger partial charge in [0.2, 0.25) is 5.13 Å². The van der Waals surface area contributed by atoms with E-state index in [1.54, 1.807) is 11.3 Å². The Kier molecular flexibility index (Phi) is 1.83. The van der Waals surface area contributed by atoms with Crippen molar-refractivity contribution in [2.24, 2.45) is 17.3 Å². The normalized spacial score (nSPS) is 47.6. The molecular formula is C13H19N3S. The van der Waals surface area contributed by atoms with Crippen LogP contribution in [0.4, 0.5) is 5.13 Å². The molecule has 0 amide bonds. The lowest BCUT2D eigenvalue weighted by Gasteiger charge is -2.60. The Morgan fingerprint density at radius 2 is 1.88 bits per heavy atom. The molecule has 0 aromatic carbocycles. The van der Waals surface area contributed by atoms with Gasteiger partial charge in [0.1, 0.15) is 5.01 Å². The van der Waals surface area contributed by atoms with Crippen LogP contribution in [-0.2, 0) is 5.41 Å². The molecule has 2 atom stereocenters. The summed E-state index contributed by atoms with van der Waals surface area (Å²) in [5.74, 6) is 1.87. The summed E-state index contributed by atoms with van der Waals surface area (Å²) in [4.78, 5) is 0. The molecule has 1 aromatic rings. The summed E-state index contributed by atoms with van der Waals surface area (Å²) in [5, 5.41) is 10.3. The van der Waals surface area contributed by atoms with Gasteiger partial charge in [0.05, 0.1) is 0 Å². The highest BCUT2D eigenvalue weighted by Gasteiger charge is 2.57. The third-order valence-corrected chi connectivity index (χ3v) is 6.25. The number of rotatable bonds is 1. The molecule has 1 aromatic heterocycles. The Morgan fingerprint density at radius 1 is 1.18 bits per heavy atom. The van der Waals surface area contributed by atoms with E-state index in [0.29, 0.717) is 16.0 Å². The molecule has 4 bridgehead atoms. The van der Waals surface area contributed by atoms with Gasteiger partial charge in [0.25, 0.3) is 0 Å². The number of hydrogen-bond acceptors (Lipinski definition) is 4. The second-order valence-corrected chi connectivity index (χ2v) is 8.01. The first kappa shape index (κ1) is 10.3. The fraction of sp³-hybridized carbons (Fsp3) is 0.846. The van der Waals surface area contributed by atoms with E-state index >= 15 is 0 Å². The monoisotopic (exact) mass is 249 g/mol. The molecule has 2 unspecified atom stereocenters. The van der Waals surface area contributed by atoms with Crippen LogP contribution in [0.5, 0.6) is 0 Å². The average Bonchev–Trinajstić information content (AvgIpc) is 2.61. The first-order chi connectivity index (χ1) is 8.07. The van der Waals surface area contributed by atoms with Crippen LogP contribution in [0.25, 0.3) is 0 Å². The molecule has 92 valence electrons. The Morgan fingerprint density at radius 3 is 2.41 bits per heavy atom. The minimum atomic E-state index is 0.341. The molecule has 4 saturated carbocycles. The van der Waals surface area contributed by atoms with Gasteiger partial charge in [-0.2, -0.15) is 0 Å². The van der Waals surface area contributed by atoms with E-state index < -0.39 is 0 Å². The Balaban J connectivity index is 1.79. The zero-order valence-corrected chi connectivity index (χ0v) is 11.1. The third-order valence-electron chi connectivity index (χ3n) is 5.25. The lowest BCUT2D eigenvalue weighted by atomic mass is 9.45. The van der Waals surface area contributed by atoms with Crippen molar-refractivity contribution in [3.63, 3.8) is 0 Å². The summed E-state index contributed by atoms with van der Waals surface area (Å²) in [6.45, 7) is 2.49. The highest BCUT2D eigenvalue weighted by atomic mass is 32.1. The molecule has 0 spiro atoms. The fourth-order valence-electron chi connectivity index (χ4n) is 5.42. The predicted octanol–water partition coefficient (Wildman–Crippen LogP) is 2.98. The average molecular weight is 249 g/mol. The van der Waals surface area contributed by atoms with E-state index in [1.807, 2.05) is 0 Å². The van der Waals surface area contributed by atoms with E-state index in [0.717, 1.165) is 11.8 Å². The van der Waals surface area contributed by atoms with Crippen molar-refractivity contribution >= 4 is 16.5 Å². The van der Waals surface area contributed by atoms with E-state index in [2.05, 4.69) is 17.1 Å². The quantitative estimate of drug-likeness (QED) is 0.832. The highest BCUT2D eigenvalue weighted by Crippen LogP contribution is 2.65. The Hall–Kier alpha value is -0.640. The molecule has 1 heterocycles. The van der Waals surface area contributed by atoms with Crippen LogP contribution in [0.1, 0.15) is 50.5 Å². The number of nitrogens with two attached hydrogens (primary N) is 1. The molecule has 0 aliphatic heterocycles. The van der Waals surface area contributed by atoms with Crippen LogP contribution in [-0.4, -0.2) is 10.2 Å². The fourth-order valence-corrected chi connectivity index (χ4v) is 6.24. The summed E-state index contributed by atoms with van der Waals surface area (Å²) in [5.41, 5.74) is 6.69. The van der Waals surface area contributed by atoms with Crippen molar-refractivity contribution in [1.82, 2.24) is 10.2 Å². The molecule has 0 saturated heterocycles. The molecule has 3 nitrogen and oxygen atoms in total. The van der Waals surface area contributed by atoms with Gasteiger partial charge in [-0.15, -0.1) is 10.2 Å². The van der Waals surface area contributed by atoms with E-state index in [4.69, 9.17) is 5.73 Å². The van der Waals surface area contributed by atoms with Gasteiger partial charge < -0.3 is 5.73 Å². The van der Waals surface area contributed by atoms with Crippen LogP contribution in [0.15, 0.2) is 0 Å². The van der Waals surface area contributed by atoms with Crippen LogP contribution in [0.3, 0.4) is 0 Å². The van der Waals surface area contributed by atoms with Crippen LogP contribution >= 0.6 is 11.3 Å². The maximum atomic E-state index is 5.78. The maximum Gasteiger partial charge on any atom is 0.203 e. The van der Waals surface area contributed by atoms with E-state index in [-0.39, 0.29) is 0 Å². The van der Waals surface area contributed by atoms with Gasteiger partial charge in [-0.3, -0.25) is 0 Å². The van der Waals surface area contributed by atoms with Gasteiger partial charge >= 0.3 is 0 Å². The SMILES string of the molecule is CC12CC3CC(C1)CC(c1nnc(N)s1)(C3)C2. The van der Waals surface area contributed by atoms with Gasteiger partial charge in [-0.25, -0.2) is 0 Å². The summed E-state index contributed by atoms with van der Waals surface area (Å²) in [6.07, 6.45) is 8.35. The zero-order valence-electron chi connectivity index (χ0n) is 10.3. The molecule has 5 rings (SSSR count). The molecule has 2 N–H and O–H groups in total. The number of aromatic nitrogens is 2. The molecule has 4 fully saturated rings. The second kappa shape index (κ2) is 3.02. The topological polar surface area (TPSA) is 51.8 Å². The highest BCUT2D eigenvalue weighted by molar-refractivity contribution is 7.15. The number of nitrogens with zero attached hydrogens (tertiary/aromatic N) is 2. The first-order valence-corrected chi connectivity index (χ1v) is 7.48. The van der Waals surface area contributed by atoms with E-state index in [1.165, 1.54) is 43.5 Å². The molecule has 4 aliphatic rings. The predicted molar refractivity (Wildman–Crippen MR) is 68.8 cm³/mol. The second-order valence-electron chi connectivity index (χ2n) is 7.00. The zero-order chi connectivity index (χ0) is 11.7. The molecule has 4 aliphatic carbocycles. The van der Waals surface area contributed by atoms with Crippen LogP contribution in [0, 0.1) is 17.3 Å². The first-order valence-electron chi connectivity index (χ1n) is 6.66. The number of nitrogen functional groups attached to an aromatic ring is 1. The smallest absolute Gasteiger partial charge is 0.203 e. The number of hydrogen-bond donors (Lipinski definition) is 1. The van der Waals surface area contributed by atoms with Crippen molar-refractivity contribution in [2.45, 2.75) is 50.9 Å². The summed E-state index contributed by atoms with van der Waals surface area (Å²) < 4.78 is 0. The molecular weight excluding hydrogens is 230 g/mol. The summed E-state index contributed by atoms with van der Waals surface area (Å²) in [7, 11) is 0. The molecule has 4 heteroatoms. The number of anilines is 1. The third kappa shape index (κ3) is 1.39. The Labute approximate surface area is 106 Å². The largest absolute Gasteiger partial charge is 0.374 e. The van der Waals surface area contributed by atoms with Crippen molar-refractivity contribution in [3.05, 3.63) is 5.01 Å². The van der Waals surface area contributed by atoms with Crippen molar-refractivity contribution < 1.29 is 0 Å². The van der Waals surface area contributed by atoms with Crippen molar-refractivity contribution in [1.29, 1.82) is 0 Å². The van der Waals surface area contributed by atoms with Crippen LogP contribution < -0.4 is 5.73 Å². The Bertz CT molecular complexity index is 453. The van der Waals surface area contributed by atoms with Gasteiger partial charge in [0, 0.05) is 5.41 Å². The van der Waals surface area contributed by atoms with Gasteiger partial charge in [-0.1, -0.05) is 18.3 Å². The lowest BCUT2D eigenvalue weighted by Crippen LogP contribution is -2.52. The van der Waals surface area contributed by atoms with Crippen molar-refractivity contribution in [2.75, 3.05) is 5.73 Å². The van der Waals surface area contributed by atoms with Crippen molar-refractivity contribution in [3.8, 4) is 0 Å². The van der Waals surface area contributed by atoms with E-state index in [9.17, 15) is 0 Å². The lowest BCUT2D eigenvalue weighted by molar-refractivity contribution is -0.0618. The maximum absolute atomic E-state index is 5.78. The van der Waals surface area contributed by atoms with Gasteiger partial charge in [-0.05, 0) is 55.8 Å². The summed E-state index contributed by atoms with van der Waals surface area (Å²) >= 11 is 1.63.